The molecule has 1 aliphatic heterocycles. The van der Waals surface area contributed by atoms with Gasteiger partial charge in [0.1, 0.15) is 18.2 Å². The van der Waals surface area contributed by atoms with E-state index in [0.717, 1.165) is 0 Å². The summed E-state index contributed by atoms with van der Waals surface area (Å²) in [7, 11) is 1.49. The van der Waals surface area contributed by atoms with E-state index < -0.39 is 11.8 Å². The van der Waals surface area contributed by atoms with Crippen molar-refractivity contribution in [3.05, 3.63) is 101 Å². The molecule has 7 heteroatoms. The van der Waals surface area contributed by atoms with Gasteiger partial charge in [-0.15, -0.1) is 0 Å². The van der Waals surface area contributed by atoms with Gasteiger partial charge < -0.3 is 14.2 Å². The summed E-state index contributed by atoms with van der Waals surface area (Å²) in [5.74, 6) is -0.482. The number of hydrogen-bond donors (Lipinski definition) is 0. The highest BCUT2D eigenvalue weighted by Gasteiger charge is 2.24. The number of aliphatic imine (C=N–C) groups is 1. The fraction of sp³-hybridized carbons (Fsp3) is 0.0833. The van der Waals surface area contributed by atoms with Gasteiger partial charge in [-0.05, 0) is 59.7 Å². The van der Waals surface area contributed by atoms with E-state index in [0.29, 0.717) is 28.2 Å². The number of ether oxygens (including phenoxy) is 3. The molecule has 0 aromatic heterocycles. The number of hydrogen-bond acceptors (Lipinski definition) is 5. The van der Waals surface area contributed by atoms with Crippen LogP contribution in [0.5, 0.6) is 11.5 Å². The van der Waals surface area contributed by atoms with Gasteiger partial charge in [-0.3, -0.25) is 0 Å². The smallest absolute Gasteiger partial charge is 0.363 e. The first kappa shape index (κ1) is 20.3. The second-order valence-electron chi connectivity index (χ2n) is 6.68. The minimum atomic E-state index is -0.635. The van der Waals surface area contributed by atoms with Crippen molar-refractivity contribution in [1.82, 2.24) is 0 Å². The van der Waals surface area contributed by atoms with Crippen molar-refractivity contribution in [2.45, 2.75) is 6.61 Å². The molecule has 156 valence electrons. The summed E-state index contributed by atoms with van der Waals surface area (Å²) >= 11 is 0. The molecule has 3 aromatic carbocycles. The van der Waals surface area contributed by atoms with Gasteiger partial charge in [0.15, 0.2) is 17.2 Å². The topological polar surface area (TPSA) is 57.1 Å². The van der Waals surface area contributed by atoms with Crippen molar-refractivity contribution >= 4 is 17.9 Å². The summed E-state index contributed by atoms with van der Waals surface area (Å²) in [5.41, 5.74) is 1.76. The van der Waals surface area contributed by atoms with E-state index in [4.69, 9.17) is 14.2 Å². The van der Waals surface area contributed by atoms with Crippen molar-refractivity contribution in [3.63, 3.8) is 0 Å². The Hall–Kier alpha value is -4.00. The molecule has 0 N–H and O–H groups in total. The lowest BCUT2D eigenvalue weighted by Gasteiger charge is -2.11. The molecule has 0 bridgehead atoms. The van der Waals surface area contributed by atoms with Gasteiger partial charge in [-0.25, -0.2) is 18.6 Å². The predicted molar refractivity (Wildman–Crippen MR) is 111 cm³/mol. The van der Waals surface area contributed by atoms with Crippen LogP contribution in [0.15, 0.2) is 77.4 Å². The highest BCUT2D eigenvalue weighted by molar-refractivity contribution is 6.12. The van der Waals surface area contributed by atoms with E-state index >= 15 is 0 Å². The molecule has 0 unspecified atom stereocenters. The Morgan fingerprint density at radius 3 is 2.48 bits per heavy atom. The van der Waals surface area contributed by atoms with Crippen LogP contribution in [0, 0.1) is 11.6 Å². The standard InChI is InChI=1S/C24H17F2NO4/c1-29-22-12-15(8-9-21(22)30-14-16-4-2-6-18(25)10-16)11-20-24(28)31-23(27-20)17-5-3-7-19(26)13-17/h2-13H,14H2,1H3/b20-11+. The van der Waals surface area contributed by atoms with Gasteiger partial charge in [0.25, 0.3) is 0 Å². The molecule has 0 amide bonds. The molecule has 4 rings (SSSR count). The van der Waals surface area contributed by atoms with Gasteiger partial charge in [-0.1, -0.05) is 24.3 Å². The van der Waals surface area contributed by atoms with Crippen LogP contribution in [-0.4, -0.2) is 19.0 Å². The SMILES string of the molecule is COc1cc(/C=C2/N=C(c3cccc(F)c3)OC2=O)ccc1OCc1cccc(F)c1. The summed E-state index contributed by atoms with van der Waals surface area (Å²) in [6.07, 6.45) is 1.54. The lowest BCUT2D eigenvalue weighted by atomic mass is 10.1. The average Bonchev–Trinajstić information content (AvgIpc) is 3.13. The van der Waals surface area contributed by atoms with Gasteiger partial charge in [-0.2, -0.15) is 0 Å². The number of esters is 1. The van der Waals surface area contributed by atoms with E-state index in [-0.39, 0.29) is 24.0 Å². The van der Waals surface area contributed by atoms with Crippen LogP contribution in [0.3, 0.4) is 0 Å². The first-order chi connectivity index (χ1) is 15.0. The summed E-state index contributed by atoms with van der Waals surface area (Å²) in [6.45, 7) is 0.169. The number of methoxy groups -OCH3 is 1. The van der Waals surface area contributed by atoms with E-state index in [2.05, 4.69) is 4.99 Å². The molecule has 31 heavy (non-hydrogen) atoms. The second-order valence-corrected chi connectivity index (χ2v) is 6.68. The van der Waals surface area contributed by atoms with Crippen molar-refractivity contribution in [2.75, 3.05) is 7.11 Å². The molecule has 0 saturated carbocycles. The Labute approximate surface area is 177 Å². The fourth-order valence-electron chi connectivity index (χ4n) is 2.99. The second kappa shape index (κ2) is 8.79. The maximum absolute atomic E-state index is 13.4. The number of benzene rings is 3. The Morgan fingerprint density at radius 1 is 0.968 bits per heavy atom. The van der Waals surface area contributed by atoms with E-state index in [1.807, 2.05) is 0 Å². The number of rotatable bonds is 6. The lowest BCUT2D eigenvalue weighted by Crippen LogP contribution is -2.05. The molecule has 0 fully saturated rings. The average molecular weight is 421 g/mol. The Kier molecular flexibility index (Phi) is 5.75. The minimum absolute atomic E-state index is 0.0396. The molecule has 1 heterocycles. The number of carbonyl (C=O) groups excluding carboxylic acids is 1. The molecule has 0 atom stereocenters. The van der Waals surface area contributed by atoms with Crippen LogP contribution >= 0.6 is 0 Å². The van der Waals surface area contributed by atoms with Gasteiger partial charge in [0.05, 0.1) is 7.11 Å². The summed E-state index contributed by atoms with van der Waals surface area (Å²) < 4.78 is 43.0. The number of carbonyl (C=O) groups is 1. The van der Waals surface area contributed by atoms with E-state index in [1.165, 1.54) is 43.5 Å². The van der Waals surface area contributed by atoms with Gasteiger partial charge in [0.2, 0.25) is 5.90 Å². The number of nitrogens with zero attached hydrogens (tertiary/aromatic N) is 1. The Balaban J connectivity index is 1.54. The number of halogens is 2. The molecule has 3 aromatic rings. The maximum Gasteiger partial charge on any atom is 0.363 e. The van der Waals surface area contributed by atoms with Gasteiger partial charge in [0, 0.05) is 5.56 Å². The van der Waals surface area contributed by atoms with Crippen molar-refractivity contribution in [1.29, 1.82) is 0 Å². The Morgan fingerprint density at radius 2 is 1.74 bits per heavy atom. The normalized spacial score (nSPS) is 14.4. The highest BCUT2D eigenvalue weighted by Crippen LogP contribution is 2.30. The summed E-state index contributed by atoms with van der Waals surface area (Å²) in [4.78, 5) is 16.3. The lowest BCUT2D eigenvalue weighted by molar-refractivity contribution is -0.129. The zero-order chi connectivity index (χ0) is 21.8. The maximum atomic E-state index is 13.4. The zero-order valence-corrected chi connectivity index (χ0v) is 16.5. The third-order valence-corrected chi connectivity index (χ3v) is 4.47. The fourth-order valence-corrected chi connectivity index (χ4v) is 2.99. The quantitative estimate of drug-likeness (QED) is 0.420. The summed E-state index contributed by atoms with van der Waals surface area (Å²) in [5, 5.41) is 0. The van der Waals surface area contributed by atoms with Crippen molar-refractivity contribution < 1.29 is 27.8 Å². The van der Waals surface area contributed by atoms with Crippen LogP contribution < -0.4 is 9.47 Å². The molecular formula is C24H17F2NO4. The monoisotopic (exact) mass is 421 g/mol. The van der Waals surface area contributed by atoms with E-state index in [1.54, 1.807) is 36.4 Å². The third kappa shape index (κ3) is 4.78. The first-order valence-corrected chi connectivity index (χ1v) is 9.35. The third-order valence-electron chi connectivity index (χ3n) is 4.47. The highest BCUT2D eigenvalue weighted by atomic mass is 19.1. The van der Waals surface area contributed by atoms with Crippen LogP contribution in [0.4, 0.5) is 8.78 Å². The van der Waals surface area contributed by atoms with Crippen LogP contribution in [0.2, 0.25) is 0 Å². The molecule has 0 aliphatic carbocycles. The number of cyclic esters (lactones) is 1. The first-order valence-electron chi connectivity index (χ1n) is 9.35. The Bertz CT molecular complexity index is 1200. The molecule has 1 aliphatic rings. The molecule has 5 nitrogen and oxygen atoms in total. The molecule has 0 radical (unpaired) electrons. The summed E-state index contributed by atoms with van der Waals surface area (Å²) in [6, 6.07) is 16.9. The largest absolute Gasteiger partial charge is 0.493 e. The van der Waals surface area contributed by atoms with Crippen molar-refractivity contribution in [3.8, 4) is 11.5 Å². The molecular weight excluding hydrogens is 404 g/mol. The molecule has 0 spiro atoms. The van der Waals surface area contributed by atoms with Crippen molar-refractivity contribution in [2.24, 2.45) is 4.99 Å². The van der Waals surface area contributed by atoms with E-state index in [9.17, 15) is 13.6 Å². The van der Waals surface area contributed by atoms with Crippen LogP contribution in [-0.2, 0) is 16.1 Å². The van der Waals surface area contributed by atoms with Gasteiger partial charge >= 0.3 is 5.97 Å². The van der Waals surface area contributed by atoms with Crippen LogP contribution in [0.1, 0.15) is 16.7 Å². The van der Waals surface area contributed by atoms with Crippen LogP contribution in [0.25, 0.3) is 6.08 Å². The zero-order valence-electron chi connectivity index (χ0n) is 16.5. The minimum Gasteiger partial charge on any atom is -0.493 e. The predicted octanol–water partition coefficient (Wildman–Crippen LogP) is 4.90. The molecule has 0 saturated heterocycles.